The van der Waals surface area contributed by atoms with Gasteiger partial charge in [-0.1, -0.05) is 19.9 Å². The number of anilines is 1. The van der Waals surface area contributed by atoms with Crippen LogP contribution in [0.1, 0.15) is 53.9 Å². The smallest absolute Gasteiger partial charge is 0.195 e. The number of fused-ring (bicyclic) bond motifs is 4. The fourth-order valence-corrected chi connectivity index (χ4v) is 4.95. The van der Waals surface area contributed by atoms with E-state index >= 15 is 0 Å². The van der Waals surface area contributed by atoms with Crippen LogP contribution in [-0.2, 0) is 10.2 Å². The van der Waals surface area contributed by atoms with Crippen molar-refractivity contribution >= 4 is 38.3 Å². The van der Waals surface area contributed by atoms with E-state index in [1.54, 1.807) is 0 Å². The van der Waals surface area contributed by atoms with Gasteiger partial charge < -0.3 is 20.2 Å². The maximum absolute atomic E-state index is 13.5. The van der Waals surface area contributed by atoms with Crippen molar-refractivity contribution < 1.29 is 14.3 Å². The van der Waals surface area contributed by atoms with E-state index in [2.05, 4.69) is 34.8 Å². The van der Waals surface area contributed by atoms with Crippen LogP contribution in [0.25, 0.3) is 10.9 Å². The highest BCUT2D eigenvalue weighted by Gasteiger charge is 2.40. The predicted octanol–water partition coefficient (Wildman–Crippen LogP) is 4.94. The Morgan fingerprint density at radius 2 is 1.97 bits per heavy atom. The van der Waals surface area contributed by atoms with Crippen LogP contribution in [-0.4, -0.2) is 30.1 Å². The lowest BCUT2D eigenvalue weighted by atomic mass is 9.71. The largest absolute Gasteiger partial charge is 0.489 e. The second-order valence-electron chi connectivity index (χ2n) is 8.39. The Morgan fingerprint density at radius 1 is 1.21 bits per heavy atom. The Kier molecular flexibility index (Phi) is 4.26. The first-order chi connectivity index (χ1) is 13.9. The zero-order chi connectivity index (χ0) is 20.3. The molecule has 0 saturated carbocycles. The number of ketones is 1. The van der Waals surface area contributed by atoms with Crippen molar-refractivity contribution in [2.24, 2.45) is 0 Å². The molecule has 1 aliphatic heterocycles. The van der Waals surface area contributed by atoms with E-state index in [1.807, 2.05) is 30.3 Å². The molecular formula is C23H23BrN2O3. The fraction of sp³-hybridized carbons (Fsp3) is 0.348. The molecular weight excluding hydrogens is 432 g/mol. The molecule has 0 radical (unpaired) electrons. The summed E-state index contributed by atoms with van der Waals surface area (Å²) in [6.07, 6.45) is 1.88. The van der Waals surface area contributed by atoms with Gasteiger partial charge in [-0.3, -0.25) is 4.79 Å². The van der Waals surface area contributed by atoms with E-state index in [9.17, 15) is 4.79 Å². The first-order valence-electron chi connectivity index (χ1n) is 9.91. The molecule has 2 aliphatic rings. The van der Waals surface area contributed by atoms with E-state index in [4.69, 9.17) is 15.2 Å². The monoisotopic (exact) mass is 454 g/mol. The minimum absolute atomic E-state index is 0.0312. The van der Waals surface area contributed by atoms with E-state index in [-0.39, 0.29) is 17.3 Å². The Morgan fingerprint density at radius 3 is 2.72 bits per heavy atom. The number of carbonyl (C=O) groups is 1. The summed E-state index contributed by atoms with van der Waals surface area (Å²) in [6.45, 7) is 5.72. The summed E-state index contributed by atoms with van der Waals surface area (Å²) in [6, 6.07) is 9.59. The van der Waals surface area contributed by atoms with Crippen LogP contribution in [0.15, 0.2) is 34.8 Å². The number of ether oxygens (including phenoxy) is 2. The first kappa shape index (κ1) is 18.7. The zero-order valence-electron chi connectivity index (χ0n) is 16.5. The van der Waals surface area contributed by atoms with Gasteiger partial charge in [0.25, 0.3) is 0 Å². The SMILES string of the molecule is CC1(C)c2cc(OC3CCOCC3)c(Br)cc2C(=O)c2c1[nH]c1cc(N)ccc21. The highest BCUT2D eigenvalue weighted by Crippen LogP contribution is 2.46. The Balaban J connectivity index is 1.64. The standard InChI is InChI=1S/C23H23BrN2O3/c1-23(2)16-11-19(29-13-5-7-28-8-6-13)17(24)10-15(16)21(27)20-14-4-3-12(25)9-18(14)26-22(20)23/h3-4,9-11,13,26H,5-8,25H2,1-2H3. The molecule has 1 aromatic heterocycles. The van der Waals surface area contributed by atoms with Crippen molar-refractivity contribution in [2.75, 3.05) is 18.9 Å². The third-order valence-corrected chi connectivity index (χ3v) is 6.75. The second-order valence-corrected chi connectivity index (χ2v) is 9.25. The number of carbonyl (C=O) groups excluding carboxylic acids is 1. The molecule has 5 rings (SSSR count). The highest BCUT2D eigenvalue weighted by atomic mass is 79.9. The predicted molar refractivity (Wildman–Crippen MR) is 117 cm³/mol. The Bertz CT molecular complexity index is 1140. The van der Waals surface area contributed by atoms with Crippen molar-refractivity contribution in [3.8, 4) is 5.75 Å². The lowest BCUT2D eigenvalue weighted by Gasteiger charge is -2.33. The van der Waals surface area contributed by atoms with Gasteiger partial charge in [-0.25, -0.2) is 0 Å². The van der Waals surface area contributed by atoms with Gasteiger partial charge in [0.05, 0.1) is 23.2 Å². The minimum atomic E-state index is -0.374. The molecule has 1 saturated heterocycles. The van der Waals surface area contributed by atoms with Crippen molar-refractivity contribution in [1.82, 2.24) is 4.98 Å². The summed E-state index contributed by atoms with van der Waals surface area (Å²) in [5.74, 6) is 0.809. The van der Waals surface area contributed by atoms with Crippen LogP contribution in [0.5, 0.6) is 5.75 Å². The number of nitrogens with one attached hydrogen (secondary N) is 1. The number of H-pyrrole nitrogens is 1. The molecule has 0 amide bonds. The van der Waals surface area contributed by atoms with Gasteiger partial charge in [-0.15, -0.1) is 0 Å². The molecule has 2 heterocycles. The van der Waals surface area contributed by atoms with E-state index < -0.39 is 0 Å². The highest BCUT2D eigenvalue weighted by molar-refractivity contribution is 9.10. The molecule has 0 spiro atoms. The molecule has 150 valence electrons. The summed E-state index contributed by atoms with van der Waals surface area (Å²) in [5, 5.41) is 0.913. The molecule has 0 atom stereocenters. The number of halogens is 1. The molecule has 5 nitrogen and oxygen atoms in total. The molecule has 1 aliphatic carbocycles. The van der Waals surface area contributed by atoms with Gasteiger partial charge >= 0.3 is 0 Å². The van der Waals surface area contributed by atoms with Gasteiger partial charge in [-0.05, 0) is 45.8 Å². The fourth-order valence-electron chi connectivity index (χ4n) is 4.51. The van der Waals surface area contributed by atoms with Crippen LogP contribution in [0.4, 0.5) is 5.69 Å². The van der Waals surface area contributed by atoms with Crippen LogP contribution in [0.3, 0.4) is 0 Å². The van der Waals surface area contributed by atoms with E-state index in [1.165, 1.54) is 0 Å². The molecule has 2 aromatic carbocycles. The zero-order valence-corrected chi connectivity index (χ0v) is 18.1. The molecule has 0 unspecified atom stereocenters. The minimum Gasteiger partial charge on any atom is -0.489 e. The number of aromatic nitrogens is 1. The molecule has 3 aromatic rings. The van der Waals surface area contributed by atoms with Gasteiger partial charge in [0.2, 0.25) is 0 Å². The first-order valence-corrected chi connectivity index (χ1v) is 10.7. The van der Waals surface area contributed by atoms with Crippen molar-refractivity contribution in [1.29, 1.82) is 0 Å². The van der Waals surface area contributed by atoms with Crippen LogP contribution >= 0.6 is 15.9 Å². The topological polar surface area (TPSA) is 77.3 Å². The Labute approximate surface area is 177 Å². The van der Waals surface area contributed by atoms with Crippen LogP contribution in [0.2, 0.25) is 0 Å². The molecule has 29 heavy (non-hydrogen) atoms. The maximum Gasteiger partial charge on any atom is 0.195 e. The summed E-state index contributed by atoms with van der Waals surface area (Å²) < 4.78 is 12.5. The number of benzene rings is 2. The van der Waals surface area contributed by atoms with Crippen LogP contribution < -0.4 is 10.5 Å². The number of hydrogen-bond donors (Lipinski definition) is 2. The number of rotatable bonds is 2. The summed E-state index contributed by atoms with van der Waals surface area (Å²) in [7, 11) is 0. The van der Waals surface area contributed by atoms with Gasteiger partial charge in [-0.2, -0.15) is 0 Å². The summed E-state index contributed by atoms with van der Waals surface area (Å²) >= 11 is 3.62. The van der Waals surface area contributed by atoms with Crippen LogP contribution in [0, 0.1) is 0 Å². The normalized spacial score (nSPS) is 18.5. The molecule has 0 bridgehead atoms. The average molecular weight is 455 g/mol. The lowest BCUT2D eigenvalue weighted by molar-refractivity contribution is 0.0252. The third kappa shape index (κ3) is 2.89. The number of nitrogen functional groups attached to an aromatic ring is 1. The third-order valence-electron chi connectivity index (χ3n) is 6.13. The lowest BCUT2D eigenvalue weighted by Crippen LogP contribution is -2.31. The number of aromatic amines is 1. The summed E-state index contributed by atoms with van der Waals surface area (Å²) in [4.78, 5) is 16.9. The van der Waals surface area contributed by atoms with Crippen molar-refractivity contribution in [3.05, 3.63) is 57.2 Å². The van der Waals surface area contributed by atoms with Crippen molar-refractivity contribution in [2.45, 2.75) is 38.2 Å². The second kappa shape index (κ2) is 6.61. The van der Waals surface area contributed by atoms with Gasteiger partial charge in [0.1, 0.15) is 11.9 Å². The molecule has 6 heteroatoms. The van der Waals surface area contributed by atoms with E-state index in [0.717, 1.165) is 64.0 Å². The van der Waals surface area contributed by atoms with Gasteiger partial charge in [0, 0.05) is 46.1 Å². The van der Waals surface area contributed by atoms with Gasteiger partial charge in [0.15, 0.2) is 5.78 Å². The Hall–Kier alpha value is -2.31. The quantitative estimate of drug-likeness (QED) is 0.537. The number of hydrogen-bond acceptors (Lipinski definition) is 4. The number of nitrogens with two attached hydrogens (primary N) is 1. The average Bonchev–Trinajstić information content (AvgIpc) is 3.08. The maximum atomic E-state index is 13.5. The van der Waals surface area contributed by atoms with E-state index in [0.29, 0.717) is 11.3 Å². The van der Waals surface area contributed by atoms with Crippen molar-refractivity contribution in [3.63, 3.8) is 0 Å². The summed E-state index contributed by atoms with van der Waals surface area (Å²) in [5.41, 5.74) is 10.5. The molecule has 1 fully saturated rings. The molecule has 3 N–H and O–H groups in total.